The molecule has 0 amide bonds. The molecule has 0 N–H and O–H groups in total. The van der Waals surface area contributed by atoms with Gasteiger partial charge in [0, 0.05) is 14.1 Å². The summed E-state index contributed by atoms with van der Waals surface area (Å²) in [7, 11) is 7.42. The van der Waals surface area contributed by atoms with E-state index in [4.69, 9.17) is 4.74 Å². The average Bonchev–Trinajstić information content (AvgIpc) is 2.16. The third-order valence-corrected chi connectivity index (χ3v) is 2.28. The first kappa shape index (κ1) is 11.6. The molecule has 0 aliphatic heterocycles. The largest absolute Gasteiger partial charge is 0.494 e. The topological polar surface area (TPSA) is 29.5 Å². The van der Waals surface area contributed by atoms with Crippen LogP contribution in [0.2, 0.25) is 0 Å². The summed E-state index contributed by atoms with van der Waals surface area (Å²) in [6.07, 6.45) is 0. The molecular weight excluding hydrogens is 189 g/mol. The van der Waals surface area contributed by atoms with Crippen molar-refractivity contribution < 1.29 is 9.53 Å². The molecule has 0 aromatic heterocycles. The highest BCUT2D eigenvalue weighted by molar-refractivity contribution is 6.33. The van der Waals surface area contributed by atoms with E-state index in [0.717, 1.165) is 11.2 Å². The van der Waals surface area contributed by atoms with Crippen LogP contribution in [0.4, 0.5) is 5.69 Å². The molecule has 0 saturated heterocycles. The lowest BCUT2D eigenvalue weighted by atomic mass is 9.91. The number of ether oxygens (including phenoxy) is 1. The third-order valence-electron chi connectivity index (χ3n) is 2.28. The minimum atomic E-state index is 0.0265. The predicted octanol–water partition coefficient (Wildman–Crippen LogP) is 0.222. The van der Waals surface area contributed by atoms with Crippen LogP contribution in [0.3, 0.4) is 0 Å². The van der Waals surface area contributed by atoms with E-state index in [-0.39, 0.29) is 5.78 Å². The lowest BCUT2D eigenvalue weighted by molar-refractivity contribution is 0.101. The van der Waals surface area contributed by atoms with Crippen LogP contribution in [0.15, 0.2) is 12.1 Å². The van der Waals surface area contributed by atoms with E-state index >= 15 is 0 Å². The van der Waals surface area contributed by atoms with Gasteiger partial charge in [-0.3, -0.25) is 4.79 Å². The fourth-order valence-corrected chi connectivity index (χ4v) is 1.56. The lowest BCUT2D eigenvalue weighted by Crippen LogP contribution is -2.16. The van der Waals surface area contributed by atoms with Crippen molar-refractivity contribution in [3.8, 4) is 5.75 Å². The van der Waals surface area contributed by atoms with Crippen molar-refractivity contribution in [1.29, 1.82) is 0 Å². The van der Waals surface area contributed by atoms with Gasteiger partial charge in [-0.15, -0.1) is 0 Å². The molecule has 0 heterocycles. The van der Waals surface area contributed by atoms with Crippen LogP contribution in [-0.4, -0.2) is 34.8 Å². The number of rotatable bonds is 3. The van der Waals surface area contributed by atoms with Gasteiger partial charge < -0.3 is 9.64 Å². The smallest absolute Gasteiger partial charge is 0.163 e. The summed E-state index contributed by atoms with van der Waals surface area (Å²) in [5.74, 6) is 0.678. The highest BCUT2D eigenvalue weighted by Gasteiger charge is 2.14. The molecule has 15 heavy (non-hydrogen) atoms. The molecule has 0 fully saturated rings. The average molecular weight is 205 g/mol. The lowest BCUT2D eigenvalue weighted by Gasteiger charge is -2.19. The van der Waals surface area contributed by atoms with Gasteiger partial charge in [0.1, 0.15) is 7.85 Å². The van der Waals surface area contributed by atoms with E-state index in [2.05, 4.69) is 0 Å². The maximum atomic E-state index is 11.5. The van der Waals surface area contributed by atoms with Crippen LogP contribution >= 0.6 is 0 Å². The van der Waals surface area contributed by atoms with E-state index < -0.39 is 0 Å². The molecule has 1 aromatic carbocycles. The van der Waals surface area contributed by atoms with Crippen molar-refractivity contribution in [3.05, 3.63) is 17.7 Å². The first-order valence-electron chi connectivity index (χ1n) is 4.84. The Morgan fingerprint density at radius 3 is 2.40 bits per heavy atom. The van der Waals surface area contributed by atoms with E-state index in [1.807, 2.05) is 39.0 Å². The monoisotopic (exact) mass is 205 g/mol. The number of anilines is 1. The van der Waals surface area contributed by atoms with Crippen molar-refractivity contribution in [2.75, 3.05) is 26.1 Å². The molecule has 0 atom stereocenters. The number of ketones is 1. The molecule has 0 aliphatic rings. The van der Waals surface area contributed by atoms with Gasteiger partial charge in [-0.1, -0.05) is 11.5 Å². The second-order valence-electron chi connectivity index (χ2n) is 3.82. The molecular formula is C11H16BNO2. The minimum Gasteiger partial charge on any atom is -0.494 e. The van der Waals surface area contributed by atoms with Crippen molar-refractivity contribution in [3.63, 3.8) is 0 Å². The molecule has 0 unspecified atom stereocenters. The van der Waals surface area contributed by atoms with Crippen molar-refractivity contribution in [1.82, 2.24) is 0 Å². The molecule has 0 radical (unpaired) electrons. The first-order valence-corrected chi connectivity index (χ1v) is 4.84. The first-order chi connectivity index (χ1) is 6.97. The number of methoxy groups -OCH3 is 1. The SMILES string of the molecule is Bc1cc(C(C)=O)c(OC)c(N(C)C)c1. The van der Waals surface area contributed by atoms with Crippen LogP contribution < -0.4 is 15.1 Å². The molecule has 1 aromatic rings. The number of benzene rings is 1. The van der Waals surface area contributed by atoms with E-state index in [1.54, 1.807) is 14.0 Å². The molecule has 3 nitrogen and oxygen atoms in total. The second-order valence-corrected chi connectivity index (χ2v) is 3.82. The summed E-state index contributed by atoms with van der Waals surface area (Å²) in [5, 5.41) is 0. The predicted molar refractivity (Wildman–Crippen MR) is 65.5 cm³/mol. The highest BCUT2D eigenvalue weighted by atomic mass is 16.5. The standard InChI is InChI=1S/C11H16BNO2/c1-7(14)9-5-8(12)6-10(13(2)3)11(9)15-4/h5-6H,12H2,1-4H3. The maximum Gasteiger partial charge on any atom is 0.163 e. The van der Waals surface area contributed by atoms with Crippen LogP contribution in [0.1, 0.15) is 17.3 Å². The van der Waals surface area contributed by atoms with Gasteiger partial charge in [0.25, 0.3) is 0 Å². The summed E-state index contributed by atoms with van der Waals surface area (Å²) in [4.78, 5) is 13.4. The highest BCUT2D eigenvalue weighted by Crippen LogP contribution is 2.29. The summed E-state index contributed by atoms with van der Waals surface area (Å²) in [6, 6.07) is 3.86. The Labute approximate surface area is 91.4 Å². The van der Waals surface area contributed by atoms with Gasteiger partial charge in [-0.05, 0) is 13.0 Å². The number of carbonyl (C=O) groups excluding carboxylic acids is 1. The number of nitrogens with zero attached hydrogens (tertiary/aromatic N) is 1. The fraction of sp³-hybridized carbons (Fsp3) is 0.364. The van der Waals surface area contributed by atoms with Crippen LogP contribution in [0, 0.1) is 0 Å². The number of carbonyl (C=O) groups is 1. The van der Waals surface area contributed by atoms with Crippen molar-refractivity contribution in [2.45, 2.75) is 6.92 Å². The van der Waals surface area contributed by atoms with Crippen LogP contribution in [-0.2, 0) is 0 Å². The van der Waals surface area contributed by atoms with Gasteiger partial charge in [-0.25, -0.2) is 0 Å². The van der Waals surface area contributed by atoms with E-state index in [1.165, 1.54) is 0 Å². The summed E-state index contributed by atoms with van der Waals surface area (Å²) in [6.45, 7) is 1.55. The zero-order valence-corrected chi connectivity index (χ0v) is 9.92. The number of hydrogen-bond acceptors (Lipinski definition) is 3. The summed E-state index contributed by atoms with van der Waals surface area (Å²) < 4.78 is 5.29. The van der Waals surface area contributed by atoms with Gasteiger partial charge in [0.2, 0.25) is 0 Å². The third kappa shape index (κ3) is 2.32. The number of Topliss-reactive ketones (excluding diaryl/α,β-unsaturated/α-hetero) is 1. The molecule has 1 rings (SSSR count). The molecule has 0 bridgehead atoms. The van der Waals surface area contributed by atoms with Gasteiger partial charge in [0.05, 0.1) is 18.4 Å². The Morgan fingerprint density at radius 2 is 2.00 bits per heavy atom. The quantitative estimate of drug-likeness (QED) is 0.522. The molecule has 0 aliphatic carbocycles. The van der Waals surface area contributed by atoms with E-state index in [0.29, 0.717) is 11.3 Å². The van der Waals surface area contributed by atoms with Crippen molar-refractivity contribution >= 4 is 24.8 Å². The molecule has 0 saturated carbocycles. The maximum absolute atomic E-state index is 11.5. The number of hydrogen-bond donors (Lipinski definition) is 0. The van der Waals surface area contributed by atoms with Crippen LogP contribution in [0.5, 0.6) is 5.75 Å². The molecule has 4 heteroatoms. The Morgan fingerprint density at radius 1 is 1.40 bits per heavy atom. The summed E-state index contributed by atoms with van der Waals surface area (Å²) >= 11 is 0. The van der Waals surface area contributed by atoms with Gasteiger partial charge in [0.15, 0.2) is 11.5 Å². The van der Waals surface area contributed by atoms with Gasteiger partial charge >= 0.3 is 0 Å². The zero-order valence-electron chi connectivity index (χ0n) is 9.92. The fourth-order valence-electron chi connectivity index (χ4n) is 1.56. The second kappa shape index (κ2) is 4.38. The van der Waals surface area contributed by atoms with Gasteiger partial charge in [-0.2, -0.15) is 0 Å². The molecule has 80 valence electrons. The Hall–Kier alpha value is -1.45. The zero-order chi connectivity index (χ0) is 11.6. The Kier molecular flexibility index (Phi) is 3.40. The van der Waals surface area contributed by atoms with Crippen molar-refractivity contribution in [2.24, 2.45) is 0 Å². The minimum absolute atomic E-state index is 0.0265. The normalized spacial score (nSPS) is 9.87. The Balaban J connectivity index is 3.45. The van der Waals surface area contributed by atoms with Crippen LogP contribution in [0.25, 0.3) is 0 Å². The van der Waals surface area contributed by atoms with E-state index in [9.17, 15) is 4.79 Å². The molecule has 0 spiro atoms. The Bertz CT molecular complexity index is 388. The summed E-state index contributed by atoms with van der Waals surface area (Å²) in [5.41, 5.74) is 2.63.